The first-order chi connectivity index (χ1) is 9.43. The first-order valence-corrected chi connectivity index (χ1v) is 6.21. The molecule has 0 radical (unpaired) electrons. The number of carboxylic acid groups (broad SMARTS) is 1. The fourth-order valence-electron chi connectivity index (χ4n) is 1.49. The van der Waals surface area contributed by atoms with Crippen LogP contribution in [-0.2, 0) is 9.59 Å². The molecule has 2 N–H and O–H groups in total. The summed E-state index contributed by atoms with van der Waals surface area (Å²) < 4.78 is 10.4. The zero-order valence-corrected chi connectivity index (χ0v) is 11.8. The molecule has 1 amide bonds. The van der Waals surface area contributed by atoms with Gasteiger partial charge in [0.25, 0.3) is 5.91 Å². The molecule has 0 aliphatic rings. The molecule has 1 rings (SSSR count). The quantitative estimate of drug-likeness (QED) is 0.785. The van der Waals surface area contributed by atoms with Crippen LogP contribution < -0.4 is 14.8 Å². The van der Waals surface area contributed by atoms with Gasteiger partial charge in [-0.2, -0.15) is 0 Å². The molecule has 6 nitrogen and oxygen atoms in total. The van der Waals surface area contributed by atoms with Crippen molar-refractivity contribution in [1.82, 2.24) is 5.32 Å². The predicted octanol–water partition coefficient (Wildman–Crippen LogP) is 1.22. The molecule has 0 fully saturated rings. The van der Waals surface area contributed by atoms with Crippen LogP contribution in [0.3, 0.4) is 0 Å². The van der Waals surface area contributed by atoms with Gasteiger partial charge in [0.1, 0.15) is 11.5 Å². The molecule has 0 saturated heterocycles. The molecule has 1 aromatic carbocycles. The number of hydrogen-bond acceptors (Lipinski definition) is 4. The number of carboxylic acids is 1. The van der Waals surface area contributed by atoms with Crippen LogP contribution >= 0.6 is 0 Å². The van der Waals surface area contributed by atoms with E-state index in [1.807, 2.05) is 6.92 Å². The number of benzene rings is 1. The highest BCUT2D eigenvalue weighted by atomic mass is 16.5. The van der Waals surface area contributed by atoms with Crippen LogP contribution in [0.1, 0.15) is 12.5 Å². The summed E-state index contributed by atoms with van der Waals surface area (Å²) in [7, 11) is 1.58. The van der Waals surface area contributed by atoms with E-state index in [0.29, 0.717) is 5.75 Å². The second-order valence-electron chi connectivity index (χ2n) is 4.46. The van der Waals surface area contributed by atoms with Gasteiger partial charge in [-0.15, -0.1) is 0 Å². The van der Waals surface area contributed by atoms with Crippen molar-refractivity contribution in [3.8, 4) is 11.5 Å². The van der Waals surface area contributed by atoms with Gasteiger partial charge in [0.2, 0.25) is 0 Å². The van der Waals surface area contributed by atoms with E-state index in [4.69, 9.17) is 14.6 Å². The summed E-state index contributed by atoms with van der Waals surface area (Å²) in [6, 6.07) is 5.24. The highest BCUT2D eigenvalue weighted by Gasteiger charge is 2.12. The van der Waals surface area contributed by atoms with Crippen LogP contribution in [0.15, 0.2) is 18.2 Å². The third kappa shape index (κ3) is 4.79. The van der Waals surface area contributed by atoms with E-state index in [0.717, 1.165) is 11.3 Å². The van der Waals surface area contributed by atoms with Gasteiger partial charge >= 0.3 is 5.97 Å². The fraction of sp³-hybridized carbons (Fsp3) is 0.429. The maximum atomic E-state index is 11.5. The summed E-state index contributed by atoms with van der Waals surface area (Å²) in [5.74, 6) is -0.618. The van der Waals surface area contributed by atoms with E-state index in [9.17, 15) is 9.59 Å². The van der Waals surface area contributed by atoms with Crippen LogP contribution in [0.5, 0.6) is 11.5 Å². The van der Waals surface area contributed by atoms with E-state index in [1.165, 1.54) is 6.92 Å². The number of rotatable bonds is 7. The molecule has 20 heavy (non-hydrogen) atoms. The number of ether oxygens (including phenoxy) is 2. The summed E-state index contributed by atoms with van der Waals surface area (Å²) in [5.41, 5.74) is 0.907. The normalized spacial score (nSPS) is 11.6. The van der Waals surface area contributed by atoms with E-state index in [-0.39, 0.29) is 19.1 Å². The Bertz CT molecular complexity index is 486. The van der Waals surface area contributed by atoms with Gasteiger partial charge in [-0.05, 0) is 30.7 Å². The number of methoxy groups -OCH3 is 1. The van der Waals surface area contributed by atoms with Gasteiger partial charge in [0, 0.05) is 6.54 Å². The van der Waals surface area contributed by atoms with Crippen LogP contribution in [0.25, 0.3) is 0 Å². The van der Waals surface area contributed by atoms with Crippen LogP contribution in [0.2, 0.25) is 0 Å². The molecule has 1 atom stereocenters. The summed E-state index contributed by atoms with van der Waals surface area (Å²) in [5, 5.41) is 11.2. The Balaban J connectivity index is 2.41. The standard InChI is InChI=1S/C14H19NO5/c1-9-6-11(4-5-12(9)19-3)20-8-13(16)15-7-10(2)14(17)18/h4-6,10H,7-8H2,1-3H3,(H,15,16)(H,17,18). The number of amides is 1. The van der Waals surface area contributed by atoms with Gasteiger partial charge in [-0.3, -0.25) is 9.59 Å². The molecule has 1 aromatic rings. The minimum atomic E-state index is -0.947. The van der Waals surface area contributed by atoms with E-state index >= 15 is 0 Å². The van der Waals surface area contributed by atoms with E-state index in [2.05, 4.69) is 5.32 Å². The third-order valence-electron chi connectivity index (χ3n) is 2.76. The number of hydrogen-bond donors (Lipinski definition) is 2. The van der Waals surface area contributed by atoms with Gasteiger partial charge in [-0.1, -0.05) is 6.92 Å². The molecule has 0 aromatic heterocycles. The van der Waals surface area contributed by atoms with E-state index < -0.39 is 11.9 Å². The zero-order chi connectivity index (χ0) is 15.1. The molecule has 0 aliphatic heterocycles. The molecule has 0 spiro atoms. The first-order valence-electron chi connectivity index (χ1n) is 6.21. The average molecular weight is 281 g/mol. The van der Waals surface area contributed by atoms with Crippen molar-refractivity contribution in [2.45, 2.75) is 13.8 Å². The summed E-state index contributed by atoms with van der Waals surface area (Å²) in [6.07, 6.45) is 0. The van der Waals surface area contributed by atoms with Crippen LogP contribution in [0.4, 0.5) is 0 Å². The minimum Gasteiger partial charge on any atom is -0.496 e. The van der Waals surface area contributed by atoms with Crippen molar-refractivity contribution in [2.24, 2.45) is 5.92 Å². The van der Waals surface area contributed by atoms with Crippen molar-refractivity contribution in [3.63, 3.8) is 0 Å². The largest absolute Gasteiger partial charge is 0.496 e. The lowest BCUT2D eigenvalue weighted by Crippen LogP contribution is -2.34. The van der Waals surface area contributed by atoms with Crippen molar-refractivity contribution in [3.05, 3.63) is 23.8 Å². The van der Waals surface area contributed by atoms with Gasteiger partial charge in [0.15, 0.2) is 6.61 Å². The molecule has 110 valence electrons. The lowest BCUT2D eigenvalue weighted by Gasteiger charge is -2.11. The Hall–Kier alpha value is -2.24. The first kappa shape index (κ1) is 15.8. The van der Waals surface area contributed by atoms with Gasteiger partial charge in [-0.25, -0.2) is 0 Å². The lowest BCUT2D eigenvalue weighted by molar-refractivity contribution is -0.141. The molecule has 6 heteroatoms. The summed E-state index contributed by atoms with van der Waals surface area (Å²) in [6.45, 7) is 3.33. The Labute approximate surface area is 117 Å². The third-order valence-corrected chi connectivity index (χ3v) is 2.76. The second-order valence-corrected chi connectivity index (χ2v) is 4.46. The Kier molecular flexibility index (Phi) is 5.83. The zero-order valence-electron chi connectivity index (χ0n) is 11.8. The number of carbonyl (C=O) groups excluding carboxylic acids is 1. The Morgan fingerprint density at radius 3 is 2.65 bits per heavy atom. The van der Waals surface area contributed by atoms with Crippen molar-refractivity contribution < 1.29 is 24.2 Å². The smallest absolute Gasteiger partial charge is 0.308 e. The SMILES string of the molecule is COc1ccc(OCC(=O)NCC(C)C(=O)O)cc1C. The highest BCUT2D eigenvalue weighted by Crippen LogP contribution is 2.22. The Morgan fingerprint density at radius 1 is 1.40 bits per heavy atom. The maximum absolute atomic E-state index is 11.5. The van der Waals surface area contributed by atoms with Crippen LogP contribution in [-0.4, -0.2) is 37.2 Å². The van der Waals surface area contributed by atoms with Gasteiger partial charge < -0.3 is 19.9 Å². The minimum absolute atomic E-state index is 0.0825. The second kappa shape index (κ2) is 7.37. The van der Waals surface area contributed by atoms with Crippen LogP contribution in [0, 0.1) is 12.8 Å². The molecule has 0 bridgehead atoms. The van der Waals surface area contributed by atoms with E-state index in [1.54, 1.807) is 25.3 Å². The van der Waals surface area contributed by atoms with Crippen molar-refractivity contribution in [2.75, 3.05) is 20.3 Å². The predicted molar refractivity (Wildman–Crippen MR) is 73.0 cm³/mol. The molecule has 0 aliphatic carbocycles. The molecular formula is C14H19NO5. The summed E-state index contributed by atoms with van der Waals surface area (Å²) in [4.78, 5) is 22.1. The maximum Gasteiger partial charge on any atom is 0.308 e. The lowest BCUT2D eigenvalue weighted by atomic mass is 10.2. The van der Waals surface area contributed by atoms with Crippen molar-refractivity contribution >= 4 is 11.9 Å². The Morgan fingerprint density at radius 2 is 2.10 bits per heavy atom. The molecular weight excluding hydrogens is 262 g/mol. The average Bonchev–Trinajstić information content (AvgIpc) is 2.42. The number of nitrogens with one attached hydrogen (secondary N) is 1. The highest BCUT2D eigenvalue weighted by molar-refractivity contribution is 5.78. The summed E-state index contributed by atoms with van der Waals surface area (Å²) >= 11 is 0. The van der Waals surface area contributed by atoms with Crippen molar-refractivity contribution in [1.29, 1.82) is 0 Å². The fourth-order valence-corrected chi connectivity index (χ4v) is 1.49. The molecule has 0 heterocycles. The number of aliphatic carboxylic acids is 1. The number of carbonyl (C=O) groups is 2. The topological polar surface area (TPSA) is 84.9 Å². The molecule has 0 saturated carbocycles. The monoisotopic (exact) mass is 281 g/mol. The number of aryl methyl sites for hydroxylation is 1. The van der Waals surface area contributed by atoms with Gasteiger partial charge in [0.05, 0.1) is 13.0 Å². The molecule has 1 unspecified atom stereocenters.